The van der Waals surface area contributed by atoms with Crippen molar-refractivity contribution < 1.29 is 14.4 Å². The van der Waals surface area contributed by atoms with E-state index in [4.69, 9.17) is 0 Å². The number of carbonyl (C=O) groups excluding carboxylic acids is 3. The van der Waals surface area contributed by atoms with Crippen molar-refractivity contribution in [2.45, 2.75) is 52.0 Å². The van der Waals surface area contributed by atoms with Crippen LogP contribution >= 0.6 is 0 Å². The Morgan fingerprint density at radius 1 is 1.40 bits per heavy atom. The molecule has 0 radical (unpaired) electrons. The van der Waals surface area contributed by atoms with E-state index in [1.807, 2.05) is 13.8 Å². The molecular formula is C14H21N3O3. The Balaban J connectivity index is 2.85. The maximum atomic E-state index is 12.4. The quantitative estimate of drug-likeness (QED) is 0.733. The van der Waals surface area contributed by atoms with Crippen LogP contribution in [0.3, 0.4) is 0 Å². The number of carbonyl (C=O) groups is 3. The van der Waals surface area contributed by atoms with Gasteiger partial charge in [-0.05, 0) is 12.8 Å². The monoisotopic (exact) mass is 279 g/mol. The fourth-order valence-corrected chi connectivity index (χ4v) is 2.53. The van der Waals surface area contributed by atoms with E-state index in [0.717, 1.165) is 4.90 Å². The average Bonchev–Trinajstić information content (AvgIpc) is 2.66. The first-order valence-electron chi connectivity index (χ1n) is 6.94. The number of rotatable bonds is 6. The Labute approximate surface area is 119 Å². The van der Waals surface area contributed by atoms with E-state index >= 15 is 0 Å². The molecule has 0 aromatic carbocycles. The van der Waals surface area contributed by atoms with Gasteiger partial charge in [-0.25, -0.2) is 0 Å². The summed E-state index contributed by atoms with van der Waals surface area (Å²) >= 11 is 0. The molecule has 1 aliphatic rings. The van der Waals surface area contributed by atoms with Crippen molar-refractivity contribution in [1.82, 2.24) is 10.2 Å². The summed E-state index contributed by atoms with van der Waals surface area (Å²) in [6.07, 6.45) is 2.29. The summed E-state index contributed by atoms with van der Waals surface area (Å²) in [6.45, 7) is 3.82. The van der Waals surface area contributed by atoms with Crippen LogP contribution in [0, 0.1) is 16.7 Å². The number of nitrogens with zero attached hydrogens (tertiary/aromatic N) is 2. The molecule has 1 unspecified atom stereocenters. The van der Waals surface area contributed by atoms with Gasteiger partial charge in [0.2, 0.25) is 11.8 Å². The SMILES string of the molecule is CCCC(C#N)(CCC)C(=O)NC1CC(=O)N(C)C1=O. The van der Waals surface area contributed by atoms with Gasteiger partial charge in [0.1, 0.15) is 11.5 Å². The van der Waals surface area contributed by atoms with E-state index in [9.17, 15) is 19.6 Å². The van der Waals surface area contributed by atoms with E-state index in [1.54, 1.807) is 0 Å². The molecule has 6 nitrogen and oxygen atoms in total. The Morgan fingerprint density at radius 3 is 2.30 bits per heavy atom. The summed E-state index contributed by atoms with van der Waals surface area (Å²) in [4.78, 5) is 36.6. The zero-order chi connectivity index (χ0) is 15.3. The Kier molecular flexibility index (Phi) is 5.26. The first-order valence-corrected chi connectivity index (χ1v) is 6.94. The predicted molar refractivity (Wildman–Crippen MR) is 72.2 cm³/mol. The van der Waals surface area contributed by atoms with Gasteiger partial charge in [-0.2, -0.15) is 5.26 Å². The molecule has 1 N–H and O–H groups in total. The number of hydrogen-bond acceptors (Lipinski definition) is 4. The van der Waals surface area contributed by atoms with Crippen LogP contribution in [-0.4, -0.2) is 35.7 Å². The zero-order valence-electron chi connectivity index (χ0n) is 12.2. The lowest BCUT2D eigenvalue weighted by Gasteiger charge is -2.25. The molecule has 0 bridgehead atoms. The lowest BCUT2D eigenvalue weighted by molar-refractivity contribution is -0.139. The van der Waals surface area contributed by atoms with Crippen LogP contribution in [0.5, 0.6) is 0 Å². The minimum atomic E-state index is -1.10. The number of nitriles is 1. The van der Waals surface area contributed by atoms with Crippen LogP contribution in [0.25, 0.3) is 0 Å². The molecule has 20 heavy (non-hydrogen) atoms. The molecular weight excluding hydrogens is 258 g/mol. The fraction of sp³-hybridized carbons (Fsp3) is 0.714. The third-order valence-electron chi connectivity index (χ3n) is 3.69. The summed E-state index contributed by atoms with van der Waals surface area (Å²) in [5, 5.41) is 12.0. The predicted octanol–water partition coefficient (Wildman–Crippen LogP) is 0.970. The highest BCUT2D eigenvalue weighted by Gasteiger charge is 2.42. The maximum absolute atomic E-state index is 12.4. The number of likely N-dealkylation sites (tertiary alicyclic amines) is 1. The molecule has 0 aliphatic carbocycles. The highest BCUT2D eigenvalue weighted by Crippen LogP contribution is 2.30. The van der Waals surface area contributed by atoms with E-state index in [-0.39, 0.29) is 12.3 Å². The Morgan fingerprint density at radius 2 is 1.95 bits per heavy atom. The minimum absolute atomic E-state index is 0.0270. The van der Waals surface area contributed by atoms with Gasteiger partial charge < -0.3 is 5.32 Å². The van der Waals surface area contributed by atoms with Crippen molar-refractivity contribution in [3.05, 3.63) is 0 Å². The summed E-state index contributed by atoms with van der Waals surface area (Å²) in [7, 11) is 1.40. The molecule has 0 spiro atoms. The van der Waals surface area contributed by atoms with Gasteiger partial charge in [0, 0.05) is 7.05 Å². The van der Waals surface area contributed by atoms with Gasteiger partial charge in [0.05, 0.1) is 12.5 Å². The minimum Gasteiger partial charge on any atom is -0.342 e. The molecule has 110 valence electrons. The Hall–Kier alpha value is -1.90. The average molecular weight is 279 g/mol. The van der Waals surface area contributed by atoms with Crippen LogP contribution in [0.1, 0.15) is 46.0 Å². The lowest BCUT2D eigenvalue weighted by Crippen LogP contribution is -2.47. The second-order valence-electron chi connectivity index (χ2n) is 5.22. The molecule has 1 fully saturated rings. The standard InChI is InChI=1S/C14H21N3O3/c1-4-6-14(9-15,7-5-2)13(20)16-10-8-11(18)17(3)12(10)19/h10H,4-8H2,1-3H3,(H,16,20). The van der Waals surface area contributed by atoms with E-state index in [0.29, 0.717) is 25.7 Å². The maximum Gasteiger partial charge on any atom is 0.252 e. The largest absolute Gasteiger partial charge is 0.342 e. The molecule has 3 amide bonds. The van der Waals surface area contributed by atoms with Crippen LogP contribution in [-0.2, 0) is 14.4 Å². The van der Waals surface area contributed by atoms with Crippen molar-refractivity contribution in [1.29, 1.82) is 5.26 Å². The molecule has 0 aromatic rings. The van der Waals surface area contributed by atoms with Crippen molar-refractivity contribution in [3.63, 3.8) is 0 Å². The topological polar surface area (TPSA) is 90.3 Å². The first kappa shape index (κ1) is 16.2. The van der Waals surface area contributed by atoms with E-state index in [2.05, 4.69) is 11.4 Å². The molecule has 1 rings (SSSR count). The molecule has 1 atom stereocenters. The molecule has 6 heteroatoms. The normalized spacial score (nSPS) is 19.1. The van der Waals surface area contributed by atoms with Gasteiger partial charge in [-0.3, -0.25) is 19.3 Å². The summed E-state index contributed by atoms with van der Waals surface area (Å²) in [5.74, 6) is -1.16. The number of amides is 3. The van der Waals surface area contributed by atoms with Crippen LogP contribution < -0.4 is 5.32 Å². The summed E-state index contributed by atoms with van der Waals surface area (Å²) in [6, 6.07) is 1.27. The molecule has 0 aromatic heterocycles. The second kappa shape index (κ2) is 6.51. The number of likely N-dealkylation sites (N-methyl/N-ethyl adjacent to an activating group) is 1. The van der Waals surface area contributed by atoms with Crippen LogP contribution in [0.15, 0.2) is 0 Å². The Bertz CT molecular complexity index is 447. The van der Waals surface area contributed by atoms with Crippen molar-refractivity contribution >= 4 is 17.7 Å². The van der Waals surface area contributed by atoms with Crippen molar-refractivity contribution in [2.24, 2.45) is 5.41 Å². The van der Waals surface area contributed by atoms with Gasteiger partial charge >= 0.3 is 0 Å². The second-order valence-corrected chi connectivity index (χ2v) is 5.22. The summed E-state index contributed by atoms with van der Waals surface area (Å²) in [5.41, 5.74) is -1.10. The van der Waals surface area contributed by atoms with Crippen molar-refractivity contribution in [3.8, 4) is 6.07 Å². The van der Waals surface area contributed by atoms with E-state index in [1.165, 1.54) is 7.05 Å². The first-order chi connectivity index (χ1) is 9.41. The number of nitrogens with one attached hydrogen (secondary N) is 1. The third kappa shape index (κ3) is 2.98. The molecule has 1 aliphatic heterocycles. The third-order valence-corrected chi connectivity index (χ3v) is 3.69. The van der Waals surface area contributed by atoms with Gasteiger partial charge in [0.25, 0.3) is 5.91 Å². The van der Waals surface area contributed by atoms with Gasteiger partial charge in [0.15, 0.2) is 0 Å². The van der Waals surface area contributed by atoms with Gasteiger partial charge in [-0.15, -0.1) is 0 Å². The number of hydrogen-bond donors (Lipinski definition) is 1. The van der Waals surface area contributed by atoms with E-state index < -0.39 is 23.3 Å². The van der Waals surface area contributed by atoms with Gasteiger partial charge in [-0.1, -0.05) is 26.7 Å². The van der Waals surface area contributed by atoms with Crippen molar-refractivity contribution in [2.75, 3.05) is 7.05 Å². The smallest absolute Gasteiger partial charge is 0.252 e. The molecule has 1 heterocycles. The van der Waals surface area contributed by atoms with Crippen LogP contribution in [0.2, 0.25) is 0 Å². The summed E-state index contributed by atoms with van der Waals surface area (Å²) < 4.78 is 0. The highest BCUT2D eigenvalue weighted by atomic mass is 16.2. The van der Waals surface area contributed by atoms with Crippen LogP contribution in [0.4, 0.5) is 0 Å². The molecule has 1 saturated heterocycles. The lowest BCUT2D eigenvalue weighted by atomic mass is 9.79. The molecule has 0 saturated carbocycles. The fourth-order valence-electron chi connectivity index (χ4n) is 2.53. The number of imide groups is 1. The zero-order valence-corrected chi connectivity index (χ0v) is 12.2. The highest BCUT2D eigenvalue weighted by molar-refractivity contribution is 6.07.